The molecule has 2 aromatic rings. The Labute approximate surface area is 150 Å². The van der Waals surface area contributed by atoms with Crippen molar-refractivity contribution in [3.05, 3.63) is 70.3 Å². The molecule has 3 rings (SSSR count). The molecule has 0 saturated carbocycles. The van der Waals surface area contributed by atoms with E-state index in [9.17, 15) is 14.7 Å². The summed E-state index contributed by atoms with van der Waals surface area (Å²) in [5.41, 5.74) is 1.19. The van der Waals surface area contributed by atoms with Crippen LogP contribution >= 0.6 is 11.6 Å². The van der Waals surface area contributed by atoms with Crippen molar-refractivity contribution in [2.45, 2.75) is 6.04 Å². The van der Waals surface area contributed by atoms with Gasteiger partial charge in [-0.25, -0.2) is 0 Å². The van der Waals surface area contributed by atoms with E-state index in [1.165, 1.54) is 11.9 Å². The molecular weight excluding hydrogens is 342 g/mol. The summed E-state index contributed by atoms with van der Waals surface area (Å²) in [5, 5.41) is 11.2. The molecule has 0 aliphatic carbocycles. The summed E-state index contributed by atoms with van der Waals surface area (Å²) in [5.74, 6) is -0.929. The molecule has 0 aromatic heterocycles. The number of Topliss-reactive ketones (excluding diaryl/α,β-unsaturated/α-hetero) is 1. The molecule has 1 atom stereocenters. The second kappa shape index (κ2) is 6.61. The van der Waals surface area contributed by atoms with Crippen LogP contribution in [0, 0.1) is 0 Å². The van der Waals surface area contributed by atoms with Gasteiger partial charge in [0.05, 0.1) is 18.7 Å². The predicted octanol–water partition coefficient (Wildman–Crippen LogP) is 3.40. The minimum atomic E-state index is -0.712. The van der Waals surface area contributed by atoms with Crippen molar-refractivity contribution in [2.24, 2.45) is 0 Å². The lowest BCUT2D eigenvalue weighted by Crippen LogP contribution is -2.24. The highest BCUT2D eigenvalue weighted by Gasteiger charge is 2.44. The molecule has 1 heterocycles. The van der Waals surface area contributed by atoms with Crippen molar-refractivity contribution in [3.63, 3.8) is 0 Å². The van der Waals surface area contributed by atoms with Crippen LogP contribution in [-0.4, -0.2) is 35.9 Å². The first-order valence-electron chi connectivity index (χ1n) is 7.58. The standard InChI is InChI=1S/C19H16ClNO4/c1-21-16(11-5-9-14(25-2)10-6-11)15(18(23)19(21)24)17(22)12-3-7-13(20)8-4-12/h3-10,16,22H,1-2H3/b17-15-. The molecule has 128 valence electrons. The summed E-state index contributed by atoms with van der Waals surface area (Å²) in [6.45, 7) is 0. The van der Waals surface area contributed by atoms with Crippen molar-refractivity contribution in [1.29, 1.82) is 0 Å². The number of aliphatic hydroxyl groups is 1. The van der Waals surface area contributed by atoms with E-state index in [0.717, 1.165) is 0 Å². The number of carbonyl (C=O) groups is 2. The third-order valence-electron chi connectivity index (χ3n) is 4.22. The number of rotatable bonds is 3. The number of methoxy groups -OCH3 is 1. The number of ketones is 1. The minimum absolute atomic E-state index is 0.0555. The van der Waals surface area contributed by atoms with Crippen molar-refractivity contribution in [1.82, 2.24) is 4.90 Å². The zero-order valence-corrected chi connectivity index (χ0v) is 14.4. The molecule has 0 radical (unpaired) electrons. The number of likely N-dealkylation sites (N-methyl/N-ethyl adjacent to an activating group) is 1. The first-order chi connectivity index (χ1) is 11.9. The van der Waals surface area contributed by atoms with Gasteiger partial charge in [0, 0.05) is 17.6 Å². The summed E-state index contributed by atoms with van der Waals surface area (Å²) in [4.78, 5) is 26.0. The second-order valence-corrected chi connectivity index (χ2v) is 6.13. The molecule has 0 bridgehead atoms. The van der Waals surface area contributed by atoms with Crippen LogP contribution in [-0.2, 0) is 9.59 Å². The summed E-state index contributed by atoms with van der Waals surface area (Å²) >= 11 is 5.87. The quantitative estimate of drug-likeness (QED) is 0.519. The Hall–Kier alpha value is -2.79. The molecule has 0 spiro atoms. The van der Waals surface area contributed by atoms with Gasteiger partial charge >= 0.3 is 0 Å². The fourth-order valence-corrected chi connectivity index (χ4v) is 3.01. The van der Waals surface area contributed by atoms with Crippen LogP contribution in [0.25, 0.3) is 5.76 Å². The van der Waals surface area contributed by atoms with Gasteiger partial charge in [-0.05, 0) is 42.0 Å². The van der Waals surface area contributed by atoms with Crippen LogP contribution < -0.4 is 4.74 Å². The highest BCUT2D eigenvalue weighted by Crippen LogP contribution is 2.38. The van der Waals surface area contributed by atoms with Crippen LogP contribution in [0.2, 0.25) is 5.02 Å². The van der Waals surface area contributed by atoms with Crippen LogP contribution in [0.15, 0.2) is 54.1 Å². The average molecular weight is 358 g/mol. The molecule has 1 fully saturated rings. The monoisotopic (exact) mass is 357 g/mol. The molecule has 25 heavy (non-hydrogen) atoms. The van der Waals surface area contributed by atoms with Crippen molar-refractivity contribution < 1.29 is 19.4 Å². The van der Waals surface area contributed by atoms with Gasteiger partial charge in [0.25, 0.3) is 11.7 Å². The summed E-state index contributed by atoms with van der Waals surface area (Å²) in [6.07, 6.45) is 0. The molecule has 6 heteroatoms. The number of carbonyl (C=O) groups excluding carboxylic acids is 2. The normalized spacial score (nSPS) is 19.3. The van der Waals surface area contributed by atoms with Gasteiger partial charge in [-0.2, -0.15) is 0 Å². The third-order valence-corrected chi connectivity index (χ3v) is 4.48. The summed E-state index contributed by atoms with van der Waals surface area (Å²) in [6, 6.07) is 12.8. The maximum absolute atomic E-state index is 12.4. The number of aliphatic hydroxyl groups excluding tert-OH is 1. The second-order valence-electron chi connectivity index (χ2n) is 5.69. The van der Waals surface area contributed by atoms with Crippen LogP contribution in [0.1, 0.15) is 17.2 Å². The molecule has 5 nitrogen and oxygen atoms in total. The molecule has 1 N–H and O–H groups in total. The van der Waals surface area contributed by atoms with E-state index in [0.29, 0.717) is 21.9 Å². The molecule has 1 amide bonds. The van der Waals surface area contributed by atoms with E-state index in [1.807, 2.05) is 0 Å². The fourth-order valence-electron chi connectivity index (χ4n) is 2.89. The molecule has 1 saturated heterocycles. The van der Waals surface area contributed by atoms with E-state index in [4.69, 9.17) is 16.3 Å². The van der Waals surface area contributed by atoms with E-state index in [-0.39, 0.29) is 11.3 Å². The van der Waals surface area contributed by atoms with Crippen LogP contribution in [0.5, 0.6) is 5.75 Å². The Morgan fingerprint density at radius 3 is 2.24 bits per heavy atom. The maximum Gasteiger partial charge on any atom is 0.295 e. The number of hydrogen-bond acceptors (Lipinski definition) is 4. The Bertz CT molecular complexity index is 856. The number of nitrogens with zero attached hydrogens (tertiary/aromatic N) is 1. The Kier molecular flexibility index (Phi) is 4.51. The lowest BCUT2D eigenvalue weighted by atomic mass is 9.95. The lowest BCUT2D eigenvalue weighted by molar-refractivity contribution is -0.139. The number of likely N-dealkylation sites (tertiary alicyclic amines) is 1. The van der Waals surface area contributed by atoms with E-state index in [2.05, 4.69) is 0 Å². The Morgan fingerprint density at radius 1 is 1.08 bits per heavy atom. The first-order valence-corrected chi connectivity index (χ1v) is 7.96. The zero-order valence-electron chi connectivity index (χ0n) is 13.7. The van der Waals surface area contributed by atoms with E-state index < -0.39 is 17.7 Å². The first kappa shape index (κ1) is 17.0. The van der Waals surface area contributed by atoms with Crippen LogP contribution in [0.4, 0.5) is 0 Å². The van der Waals surface area contributed by atoms with Crippen molar-refractivity contribution in [2.75, 3.05) is 14.2 Å². The number of hydrogen-bond donors (Lipinski definition) is 1. The van der Waals surface area contributed by atoms with Gasteiger partial charge in [-0.3, -0.25) is 9.59 Å². The molecule has 2 aromatic carbocycles. The number of benzene rings is 2. The van der Waals surface area contributed by atoms with Crippen molar-refractivity contribution >= 4 is 29.1 Å². The number of ether oxygens (including phenoxy) is 1. The Balaban J connectivity index is 2.13. The van der Waals surface area contributed by atoms with Gasteiger partial charge in [-0.1, -0.05) is 23.7 Å². The van der Waals surface area contributed by atoms with Gasteiger partial charge in [0.2, 0.25) is 0 Å². The van der Waals surface area contributed by atoms with Gasteiger partial charge in [0.15, 0.2) is 0 Å². The van der Waals surface area contributed by atoms with E-state index >= 15 is 0 Å². The molecular formula is C19H16ClNO4. The molecule has 1 aliphatic rings. The number of halogens is 1. The summed E-state index contributed by atoms with van der Waals surface area (Å²) < 4.78 is 5.13. The largest absolute Gasteiger partial charge is 0.507 e. The lowest BCUT2D eigenvalue weighted by Gasteiger charge is -2.21. The van der Waals surface area contributed by atoms with Gasteiger partial charge in [-0.15, -0.1) is 0 Å². The fraction of sp³-hybridized carbons (Fsp3) is 0.158. The molecule has 1 aliphatic heterocycles. The van der Waals surface area contributed by atoms with Gasteiger partial charge in [0.1, 0.15) is 11.5 Å². The zero-order chi connectivity index (χ0) is 18.1. The average Bonchev–Trinajstić information content (AvgIpc) is 2.86. The van der Waals surface area contributed by atoms with Gasteiger partial charge < -0.3 is 14.7 Å². The highest BCUT2D eigenvalue weighted by atomic mass is 35.5. The summed E-state index contributed by atoms with van der Waals surface area (Å²) in [7, 11) is 3.10. The molecule has 1 unspecified atom stereocenters. The maximum atomic E-state index is 12.4. The predicted molar refractivity (Wildman–Crippen MR) is 94.5 cm³/mol. The SMILES string of the molecule is COc1ccc(C2/C(=C(/O)c3ccc(Cl)cc3)C(=O)C(=O)N2C)cc1. The van der Waals surface area contributed by atoms with Crippen LogP contribution in [0.3, 0.4) is 0 Å². The third kappa shape index (κ3) is 2.98. The topological polar surface area (TPSA) is 66.8 Å². The van der Waals surface area contributed by atoms with E-state index in [1.54, 1.807) is 55.6 Å². The Morgan fingerprint density at radius 2 is 1.68 bits per heavy atom. The highest BCUT2D eigenvalue weighted by molar-refractivity contribution is 6.46. The smallest absolute Gasteiger partial charge is 0.295 e. The number of amides is 1. The minimum Gasteiger partial charge on any atom is -0.507 e. The van der Waals surface area contributed by atoms with Crippen molar-refractivity contribution in [3.8, 4) is 5.75 Å².